The molecular formula is C25H35N3O2S. The third kappa shape index (κ3) is 5.73. The number of benzene rings is 1. The normalized spacial score (nSPS) is 20.3. The van der Waals surface area contributed by atoms with Crippen molar-refractivity contribution in [1.29, 1.82) is 0 Å². The fourth-order valence-corrected chi connectivity index (χ4v) is 5.70. The van der Waals surface area contributed by atoms with Gasteiger partial charge in [-0.15, -0.1) is 11.3 Å². The molecule has 0 aliphatic carbocycles. The first-order valence-corrected chi connectivity index (χ1v) is 12.4. The lowest BCUT2D eigenvalue weighted by Crippen LogP contribution is -2.43. The second kappa shape index (κ2) is 10.2. The molecule has 2 aliphatic heterocycles. The number of aryl methyl sites for hydroxylation is 3. The van der Waals surface area contributed by atoms with Crippen molar-refractivity contribution in [2.75, 3.05) is 32.8 Å². The summed E-state index contributed by atoms with van der Waals surface area (Å²) in [5.74, 6) is 0.689. The highest BCUT2D eigenvalue weighted by atomic mass is 32.1. The Bertz CT molecular complexity index is 883. The molecule has 1 aromatic heterocycles. The largest absolute Gasteiger partial charge is 0.376 e. The molecule has 0 radical (unpaired) electrons. The lowest BCUT2D eigenvalue weighted by Gasteiger charge is -2.35. The molecule has 0 saturated carbocycles. The van der Waals surface area contributed by atoms with Gasteiger partial charge in [-0.25, -0.2) is 4.98 Å². The number of hydrogen-bond acceptors (Lipinski definition) is 5. The van der Waals surface area contributed by atoms with Crippen molar-refractivity contribution in [3.05, 3.63) is 51.0 Å². The van der Waals surface area contributed by atoms with Gasteiger partial charge in [0.25, 0.3) is 5.91 Å². The molecule has 2 aliphatic rings. The van der Waals surface area contributed by atoms with Gasteiger partial charge in [-0.1, -0.05) is 24.3 Å². The average molecular weight is 442 g/mol. The number of rotatable bonds is 7. The van der Waals surface area contributed by atoms with Gasteiger partial charge in [-0.3, -0.25) is 9.69 Å². The Morgan fingerprint density at radius 2 is 1.94 bits per heavy atom. The fourth-order valence-electron chi connectivity index (χ4n) is 4.82. The lowest BCUT2D eigenvalue weighted by molar-refractivity contribution is 0.0447. The summed E-state index contributed by atoms with van der Waals surface area (Å²) in [6.07, 6.45) is 4.62. The highest BCUT2D eigenvalue weighted by molar-refractivity contribution is 7.13. The topological polar surface area (TPSA) is 45.7 Å². The predicted octanol–water partition coefficient (Wildman–Crippen LogP) is 4.60. The highest BCUT2D eigenvalue weighted by Crippen LogP contribution is 2.25. The Morgan fingerprint density at radius 3 is 2.58 bits per heavy atom. The van der Waals surface area contributed by atoms with Gasteiger partial charge in [0.2, 0.25) is 0 Å². The van der Waals surface area contributed by atoms with Gasteiger partial charge in [0.15, 0.2) is 0 Å². The number of ether oxygens (including phenoxy) is 1. The summed E-state index contributed by atoms with van der Waals surface area (Å²) in [7, 11) is 0. The average Bonchev–Trinajstić information content (AvgIpc) is 3.39. The van der Waals surface area contributed by atoms with Crippen LogP contribution < -0.4 is 0 Å². The summed E-state index contributed by atoms with van der Waals surface area (Å²) >= 11 is 1.52. The number of likely N-dealkylation sites (tertiary alicyclic amines) is 1. The zero-order valence-electron chi connectivity index (χ0n) is 19.1. The number of nitrogens with zero attached hydrogens (tertiary/aromatic N) is 3. The molecule has 1 aromatic carbocycles. The number of aromatic nitrogens is 1. The van der Waals surface area contributed by atoms with E-state index in [1.54, 1.807) is 0 Å². The molecule has 1 amide bonds. The van der Waals surface area contributed by atoms with Gasteiger partial charge < -0.3 is 9.64 Å². The second-order valence-electron chi connectivity index (χ2n) is 9.14. The first-order chi connectivity index (χ1) is 15.0. The van der Waals surface area contributed by atoms with E-state index in [0.717, 1.165) is 74.0 Å². The molecule has 1 unspecified atom stereocenters. The Morgan fingerprint density at radius 1 is 1.16 bits per heavy atom. The van der Waals surface area contributed by atoms with Gasteiger partial charge in [-0.05, 0) is 76.6 Å². The molecule has 3 heterocycles. The minimum absolute atomic E-state index is 0.140. The van der Waals surface area contributed by atoms with Crippen LogP contribution in [0.5, 0.6) is 0 Å². The maximum Gasteiger partial charge on any atom is 0.265 e. The van der Waals surface area contributed by atoms with Crippen LogP contribution in [0, 0.1) is 26.7 Å². The molecule has 6 heteroatoms. The molecule has 31 heavy (non-hydrogen) atoms. The maximum absolute atomic E-state index is 13.4. The van der Waals surface area contributed by atoms with Crippen LogP contribution in [-0.4, -0.2) is 59.6 Å². The van der Waals surface area contributed by atoms with E-state index >= 15 is 0 Å². The summed E-state index contributed by atoms with van der Waals surface area (Å²) in [6, 6.07) is 8.67. The van der Waals surface area contributed by atoms with Crippen molar-refractivity contribution in [2.24, 2.45) is 5.92 Å². The Hall–Kier alpha value is -1.76. The van der Waals surface area contributed by atoms with E-state index in [0.29, 0.717) is 12.5 Å². The molecule has 1 atom stereocenters. The van der Waals surface area contributed by atoms with Crippen LogP contribution >= 0.6 is 11.3 Å². The van der Waals surface area contributed by atoms with Crippen molar-refractivity contribution in [2.45, 2.75) is 59.1 Å². The zero-order valence-corrected chi connectivity index (χ0v) is 19.9. The number of carbonyl (C=O) groups is 1. The van der Waals surface area contributed by atoms with Crippen molar-refractivity contribution in [1.82, 2.24) is 14.8 Å². The molecule has 4 rings (SSSR count). The summed E-state index contributed by atoms with van der Waals surface area (Å²) < 4.78 is 5.87. The van der Waals surface area contributed by atoms with Gasteiger partial charge in [-0.2, -0.15) is 0 Å². The SMILES string of the molecule is Cc1nc(C)c(C(=O)N(CC2CCN(Cc3ccccc3C)CC2)CC2CCCO2)s1. The van der Waals surface area contributed by atoms with Crippen molar-refractivity contribution >= 4 is 17.2 Å². The van der Waals surface area contributed by atoms with Crippen molar-refractivity contribution in [3.63, 3.8) is 0 Å². The van der Waals surface area contributed by atoms with Crippen LogP contribution in [0.2, 0.25) is 0 Å². The van der Waals surface area contributed by atoms with Gasteiger partial charge >= 0.3 is 0 Å². The number of carbonyl (C=O) groups excluding carboxylic acids is 1. The van der Waals surface area contributed by atoms with E-state index in [1.165, 1.54) is 22.5 Å². The predicted molar refractivity (Wildman–Crippen MR) is 126 cm³/mol. The number of piperidine rings is 1. The molecule has 2 saturated heterocycles. The molecule has 0 bridgehead atoms. The lowest BCUT2D eigenvalue weighted by atomic mass is 9.95. The molecule has 2 aromatic rings. The molecular weight excluding hydrogens is 406 g/mol. The van der Waals surface area contributed by atoms with E-state index in [1.807, 2.05) is 13.8 Å². The Balaban J connectivity index is 1.37. The Kier molecular flexibility index (Phi) is 7.41. The van der Waals surface area contributed by atoms with E-state index in [4.69, 9.17) is 4.74 Å². The van der Waals surface area contributed by atoms with E-state index in [2.05, 4.69) is 46.0 Å². The van der Waals surface area contributed by atoms with Gasteiger partial charge in [0, 0.05) is 26.2 Å². The van der Waals surface area contributed by atoms with E-state index in [9.17, 15) is 4.79 Å². The van der Waals surface area contributed by atoms with Crippen molar-refractivity contribution in [3.8, 4) is 0 Å². The van der Waals surface area contributed by atoms with Crippen LogP contribution in [0.4, 0.5) is 0 Å². The van der Waals surface area contributed by atoms with Crippen molar-refractivity contribution < 1.29 is 9.53 Å². The minimum atomic E-state index is 0.140. The summed E-state index contributed by atoms with van der Waals surface area (Å²) in [5, 5.41) is 0.961. The molecule has 5 nitrogen and oxygen atoms in total. The second-order valence-corrected chi connectivity index (χ2v) is 10.3. The van der Waals surface area contributed by atoms with Crippen LogP contribution in [0.1, 0.15) is 57.2 Å². The summed E-state index contributed by atoms with van der Waals surface area (Å²) in [5.41, 5.74) is 3.65. The summed E-state index contributed by atoms with van der Waals surface area (Å²) in [6.45, 7) is 11.7. The molecule has 168 valence electrons. The minimum Gasteiger partial charge on any atom is -0.376 e. The smallest absolute Gasteiger partial charge is 0.265 e. The summed E-state index contributed by atoms with van der Waals surface area (Å²) in [4.78, 5) is 23.3. The first kappa shape index (κ1) is 22.4. The van der Waals surface area contributed by atoms with Crippen LogP contribution in [-0.2, 0) is 11.3 Å². The van der Waals surface area contributed by atoms with E-state index < -0.39 is 0 Å². The highest BCUT2D eigenvalue weighted by Gasteiger charge is 2.29. The third-order valence-electron chi connectivity index (χ3n) is 6.67. The van der Waals surface area contributed by atoms with Crippen LogP contribution in [0.25, 0.3) is 0 Å². The third-order valence-corrected chi connectivity index (χ3v) is 7.73. The Labute approximate surface area is 190 Å². The molecule has 0 N–H and O–H groups in total. The quantitative estimate of drug-likeness (QED) is 0.630. The maximum atomic E-state index is 13.4. The number of amides is 1. The standard InChI is InChI=1S/C25H35N3O2S/c1-18-7-4-5-8-22(18)16-27-12-10-21(11-13-27)15-28(17-23-9-6-14-30-23)25(29)24-19(2)26-20(3)31-24/h4-5,7-8,21,23H,6,9-17H2,1-3H3. The monoisotopic (exact) mass is 441 g/mol. The fraction of sp³-hybridized carbons (Fsp3) is 0.600. The van der Waals surface area contributed by atoms with Crippen LogP contribution in [0.15, 0.2) is 24.3 Å². The zero-order chi connectivity index (χ0) is 21.8. The number of thiazole rings is 1. The van der Waals surface area contributed by atoms with Gasteiger partial charge in [0.05, 0.1) is 16.8 Å². The first-order valence-electron chi connectivity index (χ1n) is 11.6. The number of hydrogen-bond donors (Lipinski definition) is 0. The molecule has 0 spiro atoms. The van der Waals surface area contributed by atoms with Gasteiger partial charge in [0.1, 0.15) is 4.88 Å². The van der Waals surface area contributed by atoms with E-state index in [-0.39, 0.29) is 12.0 Å². The molecule has 2 fully saturated rings. The van der Waals surface area contributed by atoms with Crippen LogP contribution in [0.3, 0.4) is 0 Å².